The first-order valence-electron chi connectivity index (χ1n) is 6.97. The van der Waals surface area contributed by atoms with Gasteiger partial charge in [0.1, 0.15) is 18.2 Å². The summed E-state index contributed by atoms with van der Waals surface area (Å²) in [5.41, 5.74) is 9.13. The van der Waals surface area contributed by atoms with Crippen LogP contribution in [0.5, 0.6) is 5.75 Å². The number of ether oxygens (including phenoxy) is 1. The van der Waals surface area contributed by atoms with Gasteiger partial charge >= 0.3 is 0 Å². The van der Waals surface area contributed by atoms with Gasteiger partial charge in [0.2, 0.25) is 0 Å². The fraction of sp³-hybridized carbons (Fsp3) is 0.235. The predicted octanol–water partition coefficient (Wildman–Crippen LogP) is 3.48. The molecule has 2 aromatic carbocycles. The fourth-order valence-corrected chi connectivity index (χ4v) is 2.07. The van der Waals surface area contributed by atoms with Gasteiger partial charge in [-0.05, 0) is 23.3 Å². The molecule has 1 aliphatic rings. The standard InChI is InChI=1S/C15H14N2O.C2H6/c16-15-13-10-12(11-4-2-1-3-5-11)6-7-14(13)18-9-8-17-15;1-2/h1-7,10H,8-9H2,(H2,16,17);1-2H3. The maximum atomic E-state index is 5.96. The lowest BCUT2D eigenvalue weighted by Gasteiger charge is -2.09. The van der Waals surface area contributed by atoms with Gasteiger partial charge in [-0.1, -0.05) is 50.2 Å². The lowest BCUT2D eigenvalue weighted by molar-refractivity contribution is 0.331. The molecule has 3 nitrogen and oxygen atoms in total. The van der Waals surface area contributed by atoms with E-state index in [0.29, 0.717) is 19.0 Å². The van der Waals surface area contributed by atoms with E-state index in [1.54, 1.807) is 0 Å². The highest BCUT2D eigenvalue weighted by Gasteiger charge is 2.12. The smallest absolute Gasteiger partial charge is 0.130 e. The number of rotatable bonds is 1. The molecule has 3 heteroatoms. The molecule has 2 N–H and O–H groups in total. The van der Waals surface area contributed by atoms with Gasteiger partial charge < -0.3 is 10.5 Å². The summed E-state index contributed by atoms with van der Waals surface area (Å²) in [5, 5.41) is 0. The third kappa shape index (κ3) is 2.99. The Morgan fingerprint density at radius 2 is 1.75 bits per heavy atom. The Bertz CT molecular complexity index is 591. The number of amidine groups is 1. The van der Waals surface area contributed by atoms with E-state index in [1.165, 1.54) is 0 Å². The van der Waals surface area contributed by atoms with Crippen LogP contribution in [0.1, 0.15) is 19.4 Å². The van der Waals surface area contributed by atoms with Gasteiger partial charge in [0.15, 0.2) is 0 Å². The average Bonchev–Trinajstić information content (AvgIpc) is 2.72. The Morgan fingerprint density at radius 3 is 2.50 bits per heavy atom. The zero-order valence-corrected chi connectivity index (χ0v) is 12.0. The van der Waals surface area contributed by atoms with E-state index in [4.69, 9.17) is 10.5 Å². The second-order valence-corrected chi connectivity index (χ2v) is 4.19. The van der Waals surface area contributed by atoms with Crippen molar-refractivity contribution in [2.24, 2.45) is 10.7 Å². The number of nitrogens with two attached hydrogens (primary N) is 1. The van der Waals surface area contributed by atoms with Gasteiger partial charge in [0, 0.05) is 0 Å². The van der Waals surface area contributed by atoms with Crippen LogP contribution in [-0.2, 0) is 0 Å². The topological polar surface area (TPSA) is 47.6 Å². The molecule has 0 unspecified atom stereocenters. The Labute approximate surface area is 120 Å². The largest absolute Gasteiger partial charge is 0.491 e. The molecule has 0 spiro atoms. The monoisotopic (exact) mass is 268 g/mol. The summed E-state index contributed by atoms with van der Waals surface area (Å²) in [4.78, 5) is 4.27. The third-order valence-electron chi connectivity index (χ3n) is 2.99. The zero-order valence-electron chi connectivity index (χ0n) is 12.0. The molecule has 0 amide bonds. The molecule has 0 saturated carbocycles. The van der Waals surface area contributed by atoms with Crippen molar-refractivity contribution in [1.29, 1.82) is 0 Å². The van der Waals surface area contributed by atoms with Gasteiger partial charge in [0.25, 0.3) is 0 Å². The van der Waals surface area contributed by atoms with Crippen LogP contribution < -0.4 is 10.5 Å². The number of hydrogen-bond donors (Lipinski definition) is 1. The molecular formula is C17H20N2O. The molecular weight excluding hydrogens is 248 g/mol. The Hall–Kier alpha value is -2.29. The van der Waals surface area contributed by atoms with E-state index in [1.807, 2.05) is 50.2 Å². The van der Waals surface area contributed by atoms with Crippen molar-refractivity contribution in [2.75, 3.05) is 13.2 Å². The summed E-state index contributed by atoms with van der Waals surface area (Å²) in [6.07, 6.45) is 0. The van der Waals surface area contributed by atoms with Gasteiger partial charge in [-0.15, -0.1) is 0 Å². The minimum atomic E-state index is 0.556. The summed E-state index contributed by atoms with van der Waals surface area (Å²) < 4.78 is 5.62. The van der Waals surface area contributed by atoms with Crippen molar-refractivity contribution < 1.29 is 4.74 Å². The Kier molecular flexibility index (Phi) is 4.77. The van der Waals surface area contributed by atoms with E-state index in [2.05, 4.69) is 17.1 Å². The van der Waals surface area contributed by atoms with Crippen LogP contribution in [0.2, 0.25) is 0 Å². The first-order valence-corrected chi connectivity index (χ1v) is 6.97. The number of benzene rings is 2. The molecule has 0 fully saturated rings. The summed E-state index contributed by atoms with van der Waals surface area (Å²) in [6.45, 7) is 5.19. The van der Waals surface area contributed by atoms with Crippen LogP contribution in [0.25, 0.3) is 11.1 Å². The molecule has 0 radical (unpaired) electrons. The maximum absolute atomic E-state index is 5.96. The number of hydrogen-bond acceptors (Lipinski definition) is 3. The Morgan fingerprint density at radius 1 is 1.00 bits per heavy atom. The van der Waals surface area contributed by atoms with Crippen molar-refractivity contribution >= 4 is 5.84 Å². The number of nitrogens with zero attached hydrogens (tertiary/aromatic N) is 1. The van der Waals surface area contributed by atoms with Gasteiger partial charge in [-0.2, -0.15) is 0 Å². The number of fused-ring (bicyclic) bond motifs is 1. The predicted molar refractivity (Wildman–Crippen MR) is 84.3 cm³/mol. The van der Waals surface area contributed by atoms with E-state index in [-0.39, 0.29) is 0 Å². The minimum absolute atomic E-state index is 0.556. The van der Waals surface area contributed by atoms with Crippen molar-refractivity contribution in [2.45, 2.75) is 13.8 Å². The normalized spacial score (nSPS) is 13.0. The van der Waals surface area contributed by atoms with Gasteiger partial charge in [-0.3, -0.25) is 4.99 Å². The summed E-state index contributed by atoms with van der Waals surface area (Å²) in [7, 11) is 0. The van der Waals surface area contributed by atoms with E-state index in [0.717, 1.165) is 22.4 Å². The highest BCUT2D eigenvalue weighted by atomic mass is 16.5. The van der Waals surface area contributed by atoms with Crippen LogP contribution in [0.4, 0.5) is 0 Å². The molecule has 20 heavy (non-hydrogen) atoms. The first-order chi connectivity index (χ1) is 9.84. The van der Waals surface area contributed by atoms with Crippen LogP contribution in [-0.4, -0.2) is 19.0 Å². The molecule has 104 valence electrons. The van der Waals surface area contributed by atoms with Crippen LogP contribution in [0, 0.1) is 0 Å². The molecule has 0 bridgehead atoms. The lowest BCUT2D eigenvalue weighted by Crippen LogP contribution is -2.13. The SMILES string of the molecule is CC.NC1=NCCOc2ccc(-c3ccccc3)cc21. The highest BCUT2D eigenvalue weighted by Crippen LogP contribution is 2.27. The summed E-state index contributed by atoms with van der Waals surface area (Å²) >= 11 is 0. The number of aliphatic imine (C=N–C) groups is 1. The zero-order chi connectivity index (χ0) is 14.4. The van der Waals surface area contributed by atoms with E-state index < -0.39 is 0 Å². The molecule has 0 saturated heterocycles. The second-order valence-electron chi connectivity index (χ2n) is 4.19. The first kappa shape index (κ1) is 14.1. The van der Waals surface area contributed by atoms with Crippen molar-refractivity contribution in [3.8, 4) is 16.9 Å². The molecule has 1 heterocycles. The second kappa shape index (κ2) is 6.75. The molecule has 3 rings (SSSR count). The molecule has 0 atom stereocenters. The molecule has 0 aromatic heterocycles. The molecule has 1 aliphatic heterocycles. The van der Waals surface area contributed by atoms with Crippen LogP contribution >= 0.6 is 0 Å². The Balaban J connectivity index is 0.000000704. The van der Waals surface area contributed by atoms with E-state index >= 15 is 0 Å². The van der Waals surface area contributed by atoms with E-state index in [9.17, 15) is 0 Å². The average molecular weight is 268 g/mol. The quantitative estimate of drug-likeness (QED) is 0.860. The van der Waals surface area contributed by atoms with Crippen molar-refractivity contribution in [3.05, 3.63) is 54.1 Å². The summed E-state index contributed by atoms with van der Waals surface area (Å²) in [6, 6.07) is 16.3. The van der Waals surface area contributed by atoms with Crippen molar-refractivity contribution in [1.82, 2.24) is 0 Å². The van der Waals surface area contributed by atoms with Crippen LogP contribution in [0.3, 0.4) is 0 Å². The van der Waals surface area contributed by atoms with Crippen molar-refractivity contribution in [3.63, 3.8) is 0 Å². The minimum Gasteiger partial charge on any atom is -0.491 e. The highest BCUT2D eigenvalue weighted by molar-refractivity contribution is 6.01. The lowest BCUT2D eigenvalue weighted by atomic mass is 10.0. The van der Waals surface area contributed by atoms with Gasteiger partial charge in [0.05, 0.1) is 12.1 Å². The molecule has 2 aromatic rings. The summed E-state index contributed by atoms with van der Waals surface area (Å²) in [5.74, 6) is 1.37. The van der Waals surface area contributed by atoms with Crippen LogP contribution in [0.15, 0.2) is 53.5 Å². The van der Waals surface area contributed by atoms with Gasteiger partial charge in [-0.25, -0.2) is 0 Å². The maximum Gasteiger partial charge on any atom is 0.130 e. The third-order valence-corrected chi connectivity index (χ3v) is 2.99. The fourth-order valence-electron chi connectivity index (χ4n) is 2.07. The molecule has 0 aliphatic carbocycles.